The highest BCUT2D eigenvalue weighted by Crippen LogP contribution is 2.20. The first-order chi connectivity index (χ1) is 17.0. The van der Waals surface area contributed by atoms with Crippen molar-refractivity contribution in [2.75, 3.05) is 44.8 Å². The second kappa shape index (κ2) is 11.6. The number of amides is 2. The van der Waals surface area contributed by atoms with Gasteiger partial charge in [-0.1, -0.05) is 29.8 Å². The molecule has 0 unspecified atom stereocenters. The van der Waals surface area contributed by atoms with E-state index in [1.54, 1.807) is 54.6 Å². The molecule has 35 heavy (non-hydrogen) atoms. The maximum Gasteiger partial charge on any atom is 0.260 e. The van der Waals surface area contributed by atoms with Gasteiger partial charge in [0.2, 0.25) is 0 Å². The zero-order valence-electron chi connectivity index (χ0n) is 19.4. The fraction of sp³-hybridized carbons (Fsp3) is 0.269. The van der Waals surface area contributed by atoms with Crippen molar-refractivity contribution in [3.05, 3.63) is 83.0 Å². The third kappa shape index (κ3) is 6.42. The molecule has 1 aromatic heterocycles. The van der Waals surface area contributed by atoms with E-state index in [0.717, 1.165) is 11.3 Å². The van der Waals surface area contributed by atoms with E-state index in [0.29, 0.717) is 54.9 Å². The molecule has 2 aromatic carbocycles. The summed E-state index contributed by atoms with van der Waals surface area (Å²) in [6.45, 7) is 2.51. The van der Waals surface area contributed by atoms with Gasteiger partial charge in [-0.15, -0.1) is 0 Å². The molecule has 0 spiro atoms. The van der Waals surface area contributed by atoms with Gasteiger partial charge in [-0.25, -0.2) is 4.98 Å². The van der Waals surface area contributed by atoms with E-state index in [9.17, 15) is 9.59 Å². The molecule has 1 N–H and O–H groups in total. The van der Waals surface area contributed by atoms with E-state index in [1.165, 1.54) is 0 Å². The summed E-state index contributed by atoms with van der Waals surface area (Å²) in [5.74, 6) is 1.65. The predicted octanol–water partition coefficient (Wildman–Crippen LogP) is 3.40. The number of anilines is 1. The standard InChI is InChI=1S/C26H27ClN4O4/c1-34-21-9-7-19(8-10-21)17-29-26(33)23-6-3-11-28-25(23)31-14-12-30(13-15-31)24(32)18-35-22-5-2-4-20(27)16-22/h2-11,16H,12-15,17-18H2,1H3,(H,29,33). The Bertz CT molecular complexity index is 1160. The number of nitrogens with one attached hydrogen (secondary N) is 1. The number of benzene rings is 2. The average Bonchev–Trinajstić information content (AvgIpc) is 2.91. The lowest BCUT2D eigenvalue weighted by Crippen LogP contribution is -2.50. The number of hydrogen-bond acceptors (Lipinski definition) is 6. The molecule has 9 heteroatoms. The highest BCUT2D eigenvalue weighted by Gasteiger charge is 2.25. The van der Waals surface area contributed by atoms with Crippen LogP contribution in [0.2, 0.25) is 5.02 Å². The van der Waals surface area contributed by atoms with E-state index in [-0.39, 0.29) is 18.4 Å². The maximum absolute atomic E-state index is 12.9. The van der Waals surface area contributed by atoms with Crippen LogP contribution in [0.1, 0.15) is 15.9 Å². The average molecular weight is 495 g/mol. The monoisotopic (exact) mass is 494 g/mol. The van der Waals surface area contributed by atoms with Crippen LogP contribution in [-0.4, -0.2) is 61.6 Å². The topological polar surface area (TPSA) is 84.0 Å². The van der Waals surface area contributed by atoms with Crippen LogP contribution in [0.3, 0.4) is 0 Å². The highest BCUT2D eigenvalue weighted by atomic mass is 35.5. The molecule has 1 saturated heterocycles. The molecule has 182 valence electrons. The summed E-state index contributed by atoms with van der Waals surface area (Å²) < 4.78 is 10.7. The minimum Gasteiger partial charge on any atom is -0.497 e. The van der Waals surface area contributed by atoms with Gasteiger partial charge in [0.15, 0.2) is 6.61 Å². The van der Waals surface area contributed by atoms with Gasteiger partial charge in [0.25, 0.3) is 11.8 Å². The van der Waals surface area contributed by atoms with E-state index < -0.39 is 0 Å². The summed E-state index contributed by atoms with van der Waals surface area (Å²) in [6, 6.07) is 18.0. The molecule has 4 rings (SSSR count). The Balaban J connectivity index is 1.31. The number of halogens is 1. The van der Waals surface area contributed by atoms with Gasteiger partial charge in [-0.05, 0) is 48.0 Å². The molecule has 0 bridgehead atoms. The van der Waals surface area contributed by atoms with E-state index in [1.807, 2.05) is 29.2 Å². The van der Waals surface area contributed by atoms with Crippen LogP contribution in [-0.2, 0) is 11.3 Å². The lowest BCUT2D eigenvalue weighted by Gasteiger charge is -2.36. The smallest absolute Gasteiger partial charge is 0.260 e. The van der Waals surface area contributed by atoms with E-state index in [4.69, 9.17) is 21.1 Å². The number of piperazine rings is 1. The molecular formula is C26H27ClN4O4. The van der Waals surface area contributed by atoms with Crippen molar-refractivity contribution in [2.45, 2.75) is 6.54 Å². The number of rotatable bonds is 8. The Hall–Kier alpha value is -3.78. The molecule has 0 aliphatic carbocycles. The van der Waals surface area contributed by atoms with Crippen LogP contribution >= 0.6 is 11.6 Å². The van der Waals surface area contributed by atoms with Crippen molar-refractivity contribution in [3.63, 3.8) is 0 Å². The fourth-order valence-electron chi connectivity index (χ4n) is 3.81. The molecule has 3 aromatic rings. The van der Waals surface area contributed by atoms with Crippen LogP contribution in [0, 0.1) is 0 Å². The number of carbonyl (C=O) groups is 2. The number of carbonyl (C=O) groups excluding carboxylic acids is 2. The first-order valence-corrected chi connectivity index (χ1v) is 11.7. The third-order valence-electron chi connectivity index (χ3n) is 5.73. The normalized spacial score (nSPS) is 13.3. The molecule has 1 fully saturated rings. The van der Waals surface area contributed by atoms with Gasteiger partial charge >= 0.3 is 0 Å². The summed E-state index contributed by atoms with van der Waals surface area (Å²) in [4.78, 5) is 33.8. The quantitative estimate of drug-likeness (QED) is 0.516. The zero-order valence-corrected chi connectivity index (χ0v) is 20.2. The molecule has 1 aliphatic rings. The van der Waals surface area contributed by atoms with Crippen molar-refractivity contribution >= 4 is 29.2 Å². The number of nitrogens with zero attached hydrogens (tertiary/aromatic N) is 3. The number of ether oxygens (including phenoxy) is 2. The second-order valence-corrected chi connectivity index (χ2v) is 8.46. The summed E-state index contributed by atoms with van der Waals surface area (Å²) in [5.41, 5.74) is 1.47. The summed E-state index contributed by atoms with van der Waals surface area (Å²) in [7, 11) is 1.62. The Kier molecular flexibility index (Phi) is 8.05. The Labute approximate surface area is 209 Å². The number of methoxy groups -OCH3 is 1. The minimum absolute atomic E-state index is 0.0526. The lowest BCUT2D eigenvalue weighted by molar-refractivity contribution is -0.133. The Morgan fingerprint density at radius 1 is 1.00 bits per heavy atom. The largest absolute Gasteiger partial charge is 0.497 e. The minimum atomic E-state index is -0.197. The second-order valence-electron chi connectivity index (χ2n) is 8.02. The van der Waals surface area contributed by atoms with E-state index >= 15 is 0 Å². The van der Waals surface area contributed by atoms with Gasteiger partial charge in [0.1, 0.15) is 17.3 Å². The van der Waals surface area contributed by atoms with Gasteiger partial charge in [-0.3, -0.25) is 9.59 Å². The van der Waals surface area contributed by atoms with Gasteiger partial charge in [-0.2, -0.15) is 0 Å². The number of hydrogen-bond donors (Lipinski definition) is 1. The highest BCUT2D eigenvalue weighted by molar-refractivity contribution is 6.30. The summed E-state index contributed by atoms with van der Waals surface area (Å²) in [6.07, 6.45) is 1.67. The van der Waals surface area contributed by atoms with Crippen molar-refractivity contribution in [1.29, 1.82) is 0 Å². The number of aromatic nitrogens is 1. The summed E-state index contributed by atoms with van der Waals surface area (Å²) >= 11 is 5.96. The van der Waals surface area contributed by atoms with E-state index in [2.05, 4.69) is 10.3 Å². The third-order valence-corrected chi connectivity index (χ3v) is 5.97. The van der Waals surface area contributed by atoms with Gasteiger partial charge in [0, 0.05) is 43.9 Å². The molecule has 0 saturated carbocycles. The first kappa shape index (κ1) is 24.3. The SMILES string of the molecule is COc1ccc(CNC(=O)c2cccnc2N2CCN(C(=O)COc3cccc(Cl)c3)CC2)cc1. The van der Waals surface area contributed by atoms with Crippen molar-refractivity contribution in [3.8, 4) is 11.5 Å². The Morgan fingerprint density at radius 3 is 2.49 bits per heavy atom. The van der Waals surface area contributed by atoms with Crippen LogP contribution in [0.5, 0.6) is 11.5 Å². The van der Waals surface area contributed by atoms with Crippen molar-refractivity contribution in [2.24, 2.45) is 0 Å². The first-order valence-electron chi connectivity index (χ1n) is 11.3. The zero-order chi connectivity index (χ0) is 24.6. The van der Waals surface area contributed by atoms with Crippen LogP contribution in [0.25, 0.3) is 0 Å². The fourth-order valence-corrected chi connectivity index (χ4v) is 3.99. The molecular weight excluding hydrogens is 468 g/mol. The van der Waals surface area contributed by atoms with Crippen LogP contribution in [0.15, 0.2) is 66.9 Å². The van der Waals surface area contributed by atoms with Crippen molar-refractivity contribution < 1.29 is 19.1 Å². The van der Waals surface area contributed by atoms with Crippen molar-refractivity contribution in [1.82, 2.24) is 15.2 Å². The van der Waals surface area contributed by atoms with Gasteiger partial charge in [0.05, 0.1) is 12.7 Å². The molecule has 0 radical (unpaired) electrons. The van der Waals surface area contributed by atoms with Crippen LogP contribution in [0.4, 0.5) is 5.82 Å². The number of pyridine rings is 1. The maximum atomic E-state index is 12.9. The van der Waals surface area contributed by atoms with Gasteiger partial charge < -0.3 is 24.6 Å². The molecule has 8 nitrogen and oxygen atoms in total. The molecule has 1 aliphatic heterocycles. The lowest BCUT2D eigenvalue weighted by atomic mass is 10.2. The molecule has 0 atom stereocenters. The molecule has 2 amide bonds. The van der Waals surface area contributed by atoms with Crippen LogP contribution < -0.4 is 19.7 Å². The Morgan fingerprint density at radius 2 is 1.77 bits per heavy atom. The summed E-state index contributed by atoms with van der Waals surface area (Å²) in [5, 5.41) is 3.52. The molecule has 2 heterocycles. The predicted molar refractivity (Wildman–Crippen MR) is 134 cm³/mol.